The summed E-state index contributed by atoms with van der Waals surface area (Å²) in [6.45, 7) is 0. The molecule has 0 radical (unpaired) electrons. The van der Waals surface area contributed by atoms with Gasteiger partial charge >= 0.3 is 5.97 Å². The van der Waals surface area contributed by atoms with Gasteiger partial charge in [-0.1, -0.05) is 60.7 Å². The minimum Gasteiger partial charge on any atom is -0.480 e. The Hall–Kier alpha value is -2.43. The number of hydrogen-bond acceptors (Lipinski definition) is 3. The van der Waals surface area contributed by atoms with Gasteiger partial charge in [-0.15, -0.1) is 0 Å². The van der Waals surface area contributed by atoms with Gasteiger partial charge in [0, 0.05) is 6.42 Å². The highest BCUT2D eigenvalue weighted by Crippen LogP contribution is 2.48. The molecule has 0 saturated heterocycles. The van der Waals surface area contributed by atoms with Gasteiger partial charge in [0.1, 0.15) is 11.1 Å². The quantitative estimate of drug-likeness (QED) is 0.810. The summed E-state index contributed by atoms with van der Waals surface area (Å²) < 4.78 is 0. The van der Waals surface area contributed by atoms with E-state index in [1.54, 1.807) is 12.1 Å². The van der Waals surface area contributed by atoms with Crippen LogP contribution < -0.4 is 5.73 Å². The number of nitrogens with two attached hydrogens (primary N) is 1. The van der Waals surface area contributed by atoms with E-state index in [4.69, 9.17) is 5.73 Å². The van der Waals surface area contributed by atoms with E-state index in [1.165, 1.54) is 6.08 Å². The first kappa shape index (κ1) is 14.5. The zero-order valence-electron chi connectivity index (χ0n) is 11.9. The van der Waals surface area contributed by atoms with E-state index in [2.05, 4.69) is 0 Å². The predicted octanol–water partition coefficient (Wildman–Crippen LogP) is 2.14. The van der Waals surface area contributed by atoms with Gasteiger partial charge in [0.15, 0.2) is 0 Å². The topological polar surface area (TPSA) is 83.6 Å². The highest BCUT2D eigenvalue weighted by Gasteiger charge is 2.51. The van der Waals surface area contributed by atoms with Gasteiger partial charge in [-0.05, 0) is 22.8 Å². The Bertz CT molecular complexity index is 727. The lowest BCUT2D eigenvalue weighted by Gasteiger charge is -2.29. The molecule has 2 aromatic rings. The molecule has 2 unspecified atom stereocenters. The van der Waals surface area contributed by atoms with Crippen LogP contribution in [0.2, 0.25) is 0 Å². The number of benzene rings is 2. The third-order valence-electron chi connectivity index (χ3n) is 4.13. The van der Waals surface area contributed by atoms with Gasteiger partial charge in [-0.25, -0.2) is 4.79 Å². The largest absolute Gasteiger partial charge is 0.480 e. The lowest BCUT2D eigenvalue weighted by molar-refractivity contribution is -0.142. The van der Waals surface area contributed by atoms with Crippen LogP contribution in [0.25, 0.3) is 5.57 Å². The van der Waals surface area contributed by atoms with Crippen LogP contribution in [0.15, 0.2) is 66.7 Å². The van der Waals surface area contributed by atoms with Crippen LogP contribution in [0, 0.1) is 0 Å². The molecular formula is C18H17NO3. The molecule has 1 aliphatic carbocycles. The first-order valence-corrected chi connectivity index (χ1v) is 7.05. The van der Waals surface area contributed by atoms with Crippen molar-refractivity contribution in [2.75, 3.05) is 0 Å². The minimum absolute atomic E-state index is 0.0937. The maximum Gasteiger partial charge on any atom is 0.327 e. The number of aliphatic hydroxyl groups is 1. The van der Waals surface area contributed by atoms with Crippen LogP contribution in [-0.2, 0) is 10.4 Å². The number of carboxylic acids is 1. The standard InChI is InChI=1S/C18H17NO3/c19-17(16(20)21)11-15(13-7-3-1-4-8-13)18(22,12-17)14-9-5-2-6-10-14/h1-11,22H,12,19H2,(H,20,21). The maximum atomic E-state index is 11.5. The monoisotopic (exact) mass is 295 g/mol. The lowest BCUT2D eigenvalue weighted by Crippen LogP contribution is -2.47. The molecule has 3 rings (SSSR count). The SMILES string of the molecule is NC1(C(=O)O)C=C(c2ccccc2)C(O)(c2ccccc2)C1. The van der Waals surface area contributed by atoms with E-state index in [1.807, 2.05) is 48.5 Å². The fourth-order valence-electron chi connectivity index (χ4n) is 3.00. The molecule has 0 heterocycles. The maximum absolute atomic E-state index is 11.5. The second kappa shape index (κ2) is 5.09. The molecule has 4 N–H and O–H groups in total. The van der Waals surface area contributed by atoms with Crippen molar-refractivity contribution in [2.24, 2.45) is 5.73 Å². The van der Waals surface area contributed by atoms with Gasteiger partial charge in [-0.3, -0.25) is 0 Å². The molecule has 2 atom stereocenters. The van der Waals surface area contributed by atoms with Gasteiger partial charge in [0.25, 0.3) is 0 Å². The fraction of sp³-hybridized carbons (Fsp3) is 0.167. The van der Waals surface area contributed by atoms with Crippen LogP contribution in [0.1, 0.15) is 17.5 Å². The zero-order chi connectivity index (χ0) is 15.8. The molecule has 4 heteroatoms. The molecule has 0 amide bonds. The average molecular weight is 295 g/mol. The highest BCUT2D eigenvalue weighted by atomic mass is 16.4. The normalized spacial score (nSPS) is 27.5. The Morgan fingerprint density at radius 3 is 2.09 bits per heavy atom. The number of carboxylic acid groups (broad SMARTS) is 1. The first-order chi connectivity index (χ1) is 10.5. The molecule has 0 fully saturated rings. The van der Waals surface area contributed by atoms with Gasteiger partial charge in [0.2, 0.25) is 0 Å². The number of carbonyl (C=O) groups is 1. The fourth-order valence-corrected chi connectivity index (χ4v) is 3.00. The number of aliphatic carboxylic acids is 1. The molecule has 0 aliphatic heterocycles. The summed E-state index contributed by atoms with van der Waals surface area (Å²) in [5.41, 5.74) is 4.93. The van der Waals surface area contributed by atoms with Gasteiger partial charge in [0.05, 0.1) is 0 Å². The molecule has 0 bridgehead atoms. The van der Waals surface area contributed by atoms with Gasteiger partial charge in [-0.2, -0.15) is 0 Å². The van der Waals surface area contributed by atoms with Crippen molar-refractivity contribution in [2.45, 2.75) is 17.6 Å². The van der Waals surface area contributed by atoms with E-state index < -0.39 is 17.1 Å². The summed E-state index contributed by atoms with van der Waals surface area (Å²) in [7, 11) is 0. The molecule has 1 aliphatic rings. The molecule has 22 heavy (non-hydrogen) atoms. The molecule has 0 aromatic heterocycles. The molecule has 112 valence electrons. The Balaban J connectivity index is 2.18. The summed E-state index contributed by atoms with van der Waals surface area (Å²) in [4.78, 5) is 11.5. The third kappa shape index (κ3) is 2.22. The van der Waals surface area contributed by atoms with Crippen LogP contribution in [0.5, 0.6) is 0 Å². The molecule has 4 nitrogen and oxygen atoms in total. The molecule has 0 saturated carbocycles. The molecule has 2 aromatic carbocycles. The van der Waals surface area contributed by atoms with E-state index in [0.717, 1.165) is 5.56 Å². The third-order valence-corrected chi connectivity index (χ3v) is 4.13. The Morgan fingerprint density at radius 2 is 1.55 bits per heavy atom. The highest BCUT2D eigenvalue weighted by molar-refractivity contribution is 5.90. The summed E-state index contributed by atoms with van der Waals surface area (Å²) in [5, 5.41) is 20.7. The van der Waals surface area contributed by atoms with Crippen molar-refractivity contribution in [3.63, 3.8) is 0 Å². The van der Waals surface area contributed by atoms with E-state index in [-0.39, 0.29) is 6.42 Å². The average Bonchev–Trinajstić information content (AvgIpc) is 2.83. The van der Waals surface area contributed by atoms with Crippen molar-refractivity contribution in [1.29, 1.82) is 0 Å². The lowest BCUT2D eigenvalue weighted by atomic mass is 9.82. The van der Waals surface area contributed by atoms with Crippen LogP contribution in [-0.4, -0.2) is 21.7 Å². The Labute approximate surface area is 128 Å². The van der Waals surface area contributed by atoms with Crippen molar-refractivity contribution in [3.05, 3.63) is 77.9 Å². The zero-order valence-corrected chi connectivity index (χ0v) is 11.9. The summed E-state index contributed by atoms with van der Waals surface area (Å²) in [6, 6.07) is 18.3. The molecule has 0 spiro atoms. The van der Waals surface area contributed by atoms with Crippen LogP contribution in [0.4, 0.5) is 0 Å². The van der Waals surface area contributed by atoms with Crippen molar-refractivity contribution < 1.29 is 15.0 Å². The number of rotatable bonds is 3. The van der Waals surface area contributed by atoms with E-state index >= 15 is 0 Å². The minimum atomic E-state index is -1.59. The van der Waals surface area contributed by atoms with Crippen molar-refractivity contribution in [1.82, 2.24) is 0 Å². The van der Waals surface area contributed by atoms with E-state index in [0.29, 0.717) is 11.1 Å². The van der Waals surface area contributed by atoms with Crippen molar-refractivity contribution in [3.8, 4) is 0 Å². The summed E-state index contributed by atoms with van der Waals surface area (Å²) in [6.07, 6.45) is 1.38. The first-order valence-electron chi connectivity index (χ1n) is 7.05. The van der Waals surface area contributed by atoms with Crippen LogP contribution >= 0.6 is 0 Å². The predicted molar refractivity (Wildman–Crippen MR) is 83.9 cm³/mol. The van der Waals surface area contributed by atoms with Crippen molar-refractivity contribution >= 4 is 11.5 Å². The van der Waals surface area contributed by atoms with Gasteiger partial charge < -0.3 is 15.9 Å². The summed E-state index contributed by atoms with van der Waals surface area (Å²) in [5.74, 6) is -1.15. The van der Waals surface area contributed by atoms with Crippen LogP contribution in [0.3, 0.4) is 0 Å². The number of hydrogen-bond donors (Lipinski definition) is 3. The Morgan fingerprint density at radius 1 is 1.00 bits per heavy atom. The van der Waals surface area contributed by atoms with E-state index in [9.17, 15) is 15.0 Å². The Kier molecular flexibility index (Phi) is 3.35. The summed E-state index contributed by atoms with van der Waals surface area (Å²) >= 11 is 0. The molecular weight excluding hydrogens is 278 g/mol. The smallest absolute Gasteiger partial charge is 0.327 e. The second-order valence-electron chi connectivity index (χ2n) is 5.67. The second-order valence-corrected chi connectivity index (χ2v) is 5.67.